The number of nitrogens with one attached hydrogen (secondary N) is 2. The van der Waals surface area contributed by atoms with E-state index in [1.165, 1.54) is 50.2 Å². The van der Waals surface area contributed by atoms with Gasteiger partial charge < -0.3 is 9.47 Å². The molecule has 0 spiro atoms. The van der Waals surface area contributed by atoms with Crippen LogP contribution in [0.25, 0.3) is 0 Å². The third kappa shape index (κ3) is 7.24. The lowest BCUT2D eigenvalue weighted by Crippen LogP contribution is -2.31. The lowest BCUT2D eigenvalue weighted by atomic mass is 9.91. The van der Waals surface area contributed by atoms with E-state index in [4.69, 9.17) is 9.47 Å². The molecule has 2 aromatic carbocycles. The van der Waals surface area contributed by atoms with Crippen molar-refractivity contribution in [2.45, 2.75) is 38.0 Å². The number of carbonyl (C=O) groups is 1. The molecule has 0 saturated carbocycles. The fourth-order valence-corrected chi connectivity index (χ4v) is 5.41. The second-order valence-electron chi connectivity index (χ2n) is 10.2. The lowest BCUT2D eigenvalue weighted by molar-refractivity contribution is 0.0982. The molecule has 0 aliphatic carbocycles. The summed E-state index contributed by atoms with van der Waals surface area (Å²) in [4.78, 5) is 13.0. The van der Waals surface area contributed by atoms with Crippen molar-refractivity contribution in [2.75, 3.05) is 32.5 Å². The summed E-state index contributed by atoms with van der Waals surface area (Å²) in [5.41, 5.74) is -0.0473. The van der Waals surface area contributed by atoms with Crippen LogP contribution in [0, 0.1) is 0 Å². The first-order valence-electron chi connectivity index (χ1n) is 12.7. The number of sulfonamides is 1. The van der Waals surface area contributed by atoms with Crippen LogP contribution in [-0.4, -0.2) is 64.6 Å². The normalized spacial score (nSPS) is 12.5. The molecule has 3 aromatic rings. The van der Waals surface area contributed by atoms with Gasteiger partial charge in [-0.1, -0.05) is 32.9 Å². The van der Waals surface area contributed by atoms with Crippen LogP contribution in [0.3, 0.4) is 0 Å². The van der Waals surface area contributed by atoms with Crippen LogP contribution in [-0.2, 0) is 32.7 Å². The lowest BCUT2D eigenvalue weighted by Gasteiger charge is -2.16. The molecule has 228 valence electrons. The summed E-state index contributed by atoms with van der Waals surface area (Å²) >= 11 is 0. The monoisotopic (exact) mass is 621 g/mol. The summed E-state index contributed by atoms with van der Waals surface area (Å²) in [5, 5.41) is 13.0. The van der Waals surface area contributed by atoms with Crippen LogP contribution in [0.1, 0.15) is 43.7 Å². The number of methoxy groups -OCH3 is 1. The van der Waals surface area contributed by atoms with Gasteiger partial charge in [0, 0.05) is 32.6 Å². The molecule has 16 heteroatoms. The van der Waals surface area contributed by atoms with Gasteiger partial charge in [0.2, 0.25) is 0 Å². The van der Waals surface area contributed by atoms with Crippen LogP contribution in [0.4, 0.5) is 17.2 Å². The number of anilines is 1. The standard InChI is InChI=1S/C26H35N7O7S2/c1-9-40-20-15-14-17(39-8)16-21(20)41(35,36)31-25(34)18-12-10-11-13-19(18)27-28-22-23(26(2,3)4)29-33(7)24(22)30-42(37,38)32(5)6/h10-16,30H,9H2,1-8H3,(H,31,34). The minimum Gasteiger partial charge on any atom is -0.497 e. The van der Waals surface area contributed by atoms with E-state index < -0.39 is 31.6 Å². The predicted molar refractivity (Wildman–Crippen MR) is 158 cm³/mol. The first-order valence-corrected chi connectivity index (χ1v) is 15.6. The molecular weight excluding hydrogens is 586 g/mol. The van der Waals surface area contributed by atoms with Crippen LogP contribution in [0.2, 0.25) is 0 Å². The first-order chi connectivity index (χ1) is 19.5. The van der Waals surface area contributed by atoms with Gasteiger partial charge in [0.1, 0.15) is 16.4 Å². The van der Waals surface area contributed by atoms with Gasteiger partial charge in [0.25, 0.3) is 15.9 Å². The number of aromatic nitrogens is 2. The molecule has 1 heterocycles. The molecule has 0 radical (unpaired) electrons. The van der Waals surface area contributed by atoms with Crippen molar-refractivity contribution < 1.29 is 31.1 Å². The number of aryl methyl sites for hydroxylation is 1. The van der Waals surface area contributed by atoms with E-state index in [9.17, 15) is 21.6 Å². The predicted octanol–water partition coefficient (Wildman–Crippen LogP) is 3.88. The van der Waals surface area contributed by atoms with Gasteiger partial charge in [0.15, 0.2) is 11.5 Å². The Balaban J connectivity index is 2.05. The van der Waals surface area contributed by atoms with Gasteiger partial charge in [-0.25, -0.2) is 17.8 Å². The first kappa shape index (κ1) is 32.5. The Kier molecular flexibility index (Phi) is 9.64. The summed E-state index contributed by atoms with van der Waals surface area (Å²) in [6.45, 7) is 7.52. The Morgan fingerprint density at radius 2 is 1.74 bits per heavy atom. The van der Waals surface area contributed by atoms with E-state index >= 15 is 0 Å². The summed E-state index contributed by atoms with van der Waals surface area (Å²) in [6.07, 6.45) is 0. The number of nitrogens with zero attached hydrogens (tertiary/aromatic N) is 5. The highest BCUT2D eigenvalue weighted by Crippen LogP contribution is 2.38. The molecular formula is C26H35N7O7S2. The quantitative estimate of drug-likeness (QED) is 0.304. The number of hydrogen-bond donors (Lipinski definition) is 2. The molecule has 0 bridgehead atoms. The molecule has 3 rings (SSSR count). The van der Waals surface area contributed by atoms with Crippen LogP contribution in [0.15, 0.2) is 57.6 Å². The van der Waals surface area contributed by atoms with Crippen molar-refractivity contribution in [1.29, 1.82) is 0 Å². The number of hydrogen-bond acceptors (Lipinski definition) is 10. The summed E-state index contributed by atoms with van der Waals surface area (Å²) in [5.74, 6) is -0.605. The fraction of sp³-hybridized carbons (Fsp3) is 0.385. The highest BCUT2D eigenvalue weighted by Gasteiger charge is 2.29. The summed E-state index contributed by atoms with van der Waals surface area (Å²) in [6, 6.07) is 10.2. The van der Waals surface area contributed by atoms with Crippen molar-refractivity contribution in [1.82, 2.24) is 18.8 Å². The second-order valence-corrected chi connectivity index (χ2v) is 13.7. The largest absolute Gasteiger partial charge is 0.497 e. The molecule has 0 atom stereocenters. The third-order valence-electron chi connectivity index (χ3n) is 5.81. The van der Waals surface area contributed by atoms with E-state index in [-0.39, 0.29) is 45.8 Å². The van der Waals surface area contributed by atoms with Gasteiger partial charge in [-0.15, -0.1) is 10.2 Å². The molecule has 1 amide bonds. The zero-order valence-electron chi connectivity index (χ0n) is 24.7. The van der Waals surface area contributed by atoms with Gasteiger partial charge in [-0.3, -0.25) is 9.52 Å². The maximum atomic E-state index is 13.3. The van der Waals surface area contributed by atoms with Crippen molar-refractivity contribution in [3.63, 3.8) is 0 Å². The molecule has 0 unspecified atom stereocenters. The molecule has 0 aliphatic rings. The van der Waals surface area contributed by atoms with Crippen LogP contribution >= 0.6 is 0 Å². The maximum absolute atomic E-state index is 13.3. The van der Waals surface area contributed by atoms with Crippen LogP contribution < -0.4 is 18.9 Å². The average Bonchev–Trinajstić information content (AvgIpc) is 3.22. The molecule has 14 nitrogen and oxygen atoms in total. The van der Waals surface area contributed by atoms with E-state index in [1.54, 1.807) is 32.2 Å². The smallest absolute Gasteiger partial charge is 0.302 e. The Morgan fingerprint density at radius 1 is 1.07 bits per heavy atom. The van der Waals surface area contributed by atoms with Crippen molar-refractivity contribution in [2.24, 2.45) is 17.3 Å². The van der Waals surface area contributed by atoms with Crippen molar-refractivity contribution >= 4 is 43.3 Å². The van der Waals surface area contributed by atoms with E-state index in [1.807, 2.05) is 20.8 Å². The number of benzene rings is 2. The number of azo groups is 1. The summed E-state index contributed by atoms with van der Waals surface area (Å²) < 4.78 is 69.2. The van der Waals surface area contributed by atoms with Gasteiger partial charge >= 0.3 is 10.2 Å². The van der Waals surface area contributed by atoms with E-state index in [0.29, 0.717) is 5.69 Å². The molecule has 42 heavy (non-hydrogen) atoms. The molecule has 0 fully saturated rings. The zero-order chi connectivity index (χ0) is 31.5. The minimum atomic E-state index is -4.41. The number of carbonyl (C=O) groups excluding carboxylic acids is 1. The molecule has 2 N–H and O–H groups in total. The van der Waals surface area contributed by atoms with Crippen molar-refractivity contribution in [3.05, 3.63) is 53.7 Å². The molecule has 1 aromatic heterocycles. The third-order valence-corrected chi connectivity index (χ3v) is 8.58. The van der Waals surface area contributed by atoms with Crippen LogP contribution in [0.5, 0.6) is 11.5 Å². The van der Waals surface area contributed by atoms with Crippen molar-refractivity contribution in [3.8, 4) is 11.5 Å². The van der Waals surface area contributed by atoms with E-state index in [0.717, 1.165) is 4.31 Å². The molecule has 0 saturated heterocycles. The zero-order valence-corrected chi connectivity index (χ0v) is 26.3. The minimum absolute atomic E-state index is 0.0333. The Labute approximate surface area is 246 Å². The SMILES string of the molecule is CCOc1ccc(OC)cc1S(=O)(=O)NC(=O)c1ccccc1N=Nc1c(C(C)(C)C)nn(C)c1NS(=O)(=O)N(C)C. The Morgan fingerprint density at radius 3 is 2.33 bits per heavy atom. The van der Waals surface area contributed by atoms with Gasteiger partial charge in [-0.05, 0) is 31.2 Å². The van der Waals surface area contributed by atoms with Gasteiger partial charge in [-0.2, -0.15) is 17.8 Å². The Bertz CT molecular complexity index is 1710. The highest BCUT2D eigenvalue weighted by molar-refractivity contribution is 7.90. The highest BCUT2D eigenvalue weighted by atomic mass is 32.2. The topological polar surface area (TPSA) is 174 Å². The maximum Gasteiger partial charge on any atom is 0.302 e. The van der Waals surface area contributed by atoms with E-state index in [2.05, 4.69) is 24.8 Å². The van der Waals surface area contributed by atoms with Gasteiger partial charge in [0.05, 0.1) is 30.7 Å². The Hall–Kier alpha value is -4.02. The average molecular weight is 622 g/mol. The summed E-state index contributed by atoms with van der Waals surface area (Å²) in [7, 11) is -2.64. The number of ether oxygens (including phenoxy) is 2. The number of amides is 1. The fourth-order valence-electron chi connectivity index (χ4n) is 3.63. The second kappa shape index (κ2) is 12.5. The molecule has 0 aliphatic heterocycles. The number of rotatable bonds is 11.